The fourth-order valence-electron chi connectivity index (χ4n) is 2.35. The number of piperidine rings is 1. The summed E-state index contributed by atoms with van der Waals surface area (Å²) in [5.74, 6) is 0.824. The van der Waals surface area contributed by atoms with Gasteiger partial charge in [-0.3, -0.25) is 10.1 Å². The number of nitro groups is 1. The number of hydrogen-bond acceptors (Lipinski definition) is 4. The molecule has 0 radical (unpaired) electrons. The molecule has 1 aromatic carbocycles. The van der Waals surface area contributed by atoms with Crippen molar-refractivity contribution in [3.05, 3.63) is 28.3 Å². The molecule has 0 bridgehead atoms. The van der Waals surface area contributed by atoms with Crippen LogP contribution in [0.3, 0.4) is 0 Å². The second kappa shape index (κ2) is 4.29. The zero-order valence-corrected chi connectivity index (χ0v) is 9.93. The fourth-order valence-corrected chi connectivity index (χ4v) is 2.35. The van der Waals surface area contributed by atoms with E-state index >= 15 is 0 Å². The van der Waals surface area contributed by atoms with Gasteiger partial charge in [-0.2, -0.15) is 0 Å². The van der Waals surface area contributed by atoms with Gasteiger partial charge in [-0.05, 0) is 25.3 Å². The monoisotopic (exact) mass is 246 g/mol. The maximum Gasteiger partial charge on any atom is 0.271 e. The highest BCUT2D eigenvalue weighted by Crippen LogP contribution is 2.23. The molecule has 3 rings (SSSR count). The molecule has 0 saturated carbocycles. The summed E-state index contributed by atoms with van der Waals surface area (Å²) in [7, 11) is 0. The van der Waals surface area contributed by atoms with Crippen molar-refractivity contribution in [2.24, 2.45) is 0 Å². The van der Waals surface area contributed by atoms with Crippen LogP contribution in [0.15, 0.2) is 18.2 Å². The highest BCUT2D eigenvalue weighted by Gasteiger charge is 2.15. The Kier molecular flexibility index (Phi) is 2.62. The first-order valence-electron chi connectivity index (χ1n) is 6.13. The minimum absolute atomic E-state index is 0.0938. The van der Waals surface area contributed by atoms with Crippen LogP contribution in [0.4, 0.5) is 11.6 Å². The lowest BCUT2D eigenvalue weighted by atomic mass is 10.1. The molecular weight excluding hydrogens is 232 g/mol. The number of aromatic nitrogens is 2. The quantitative estimate of drug-likeness (QED) is 0.652. The number of fused-ring (bicyclic) bond motifs is 1. The van der Waals surface area contributed by atoms with Crippen molar-refractivity contribution in [1.29, 1.82) is 0 Å². The number of nitrogens with one attached hydrogen (secondary N) is 1. The SMILES string of the molecule is O=[N+]([O-])c1ccc2nc(N3CCCCC3)[nH]c2c1. The summed E-state index contributed by atoms with van der Waals surface area (Å²) in [6.07, 6.45) is 3.62. The maximum absolute atomic E-state index is 10.7. The standard InChI is InChI=1S/C12H14N4O2/c17-16(18)9-4-5-10-11(8-9)14-12(13-10)15-6-2-1-3-7-15/h4-5,8H,1-3,6-7H2,(H,13,14). The van der Waals surface area contributed by atoms with Crippen molar-refractivity contribution in [3.8, 4) is 0 Å². The van der Waals surface area contributed by atoms with E-state index in [9.17, 15) is 10.1 Å². The molecular formula is C12H14N4O2. The van der Waals surface area contributed by atoms with Gasteiger partial charge in [0.15, 0.2) is 0 Å². The molecule has 0 unspecified atom stereocenters. The van der Waals surface area contributed by atoms with E-state index in [0.29, 0.717) is 0 Å². The zero-order chi connectivity index (χ0) is 12.5. The molecule has 2 aromatic rings. The van der Waals surface area contributed by atoms with E-state index in [1.165, 1.54) is 31.4 Å². The first kappa shape index (κ1) is 11.0. The van der Waals surface area contributed by atoms with E-state index in [2.05, 4.69) is 14.9 Å². The summed E-state index contributed by atoms with van der Waals surface area (Å²) >= 11 is 0. The summed E-state index contributed by atoms with van der Waals surface area (Å²) < 4.78 is 0. The van der Waals surface area contributed by atoms with Crippen molar-refractivity contribution < 1.29 is 4.92 Å². The summed E-state index contributed by atoms with van der Waals surface area (Å²) in [5.41, 5.74) is 1.60. The Morgan fingerprint density at radius 1 is 1.28 bits per heavy atom. The van der Waals surface area contributed by atoms with Crippen molar-refractivity contribution in [2.45, 2.75) is 19.3 Å². The number of nitrogens with zero attached hydrogens (tertiary/aromatic N) is 3. The van der Waals surface area contributed by atoms with Gasteiger partial charge in [0.2, 0.25) is 5.95 Å². The lowest BCUT2D eigenvalue weighted by molar-refractivity contribution is -0.384. The van der Waals surface area contributed by atoms with Crippen molar-refractivity contribution >= 4 is 22.7 Å². The summed E-state index contributed by atoms with van der Waals surface area (Å²) in [6.45, 7) is 2.00. The Morgan fingerprint density at radius 2 is 2.06 bits per heavy atom. The Labute approximate surface area is 104 Å². The Morgan fingerprint density at radius 3 is 2.78 bits per heavy atom. The first-order valence-corrected chi connectivity index (χ1v) is 6.13. The normalized spacial score (nSPS) is 16.1. The minimum atomic E-state index is -0.388. The second-order valence-electron chi connectivity index (χ2n) is 4.57. The lowest BCUT2D eigenvalue weighted by Gasteiger charge is -2.25. The Bertz CT molecular complexity index is 587. The lowest BCUT2D eigenvalue weighted by Crippen LogP contribution is -2.30. The molecule has 94 valence electrons. The molecule has 0 amide bonds. The smallest absolute Gasteiger partial charge is 0.271 e. The van der Waals surface area contributed by atoms with Crippen molar-refractivity contribution in [3.63, 3.8) is 0 Å². The predicted octanol–water partition coefficient (Wildman–Crippen LogP) is 2.46. The zero-order valence-electron chi connectivity index (χ0n) is 9.93. The fraction of sp³-hybridized carbons (Fsp3) is 0.417. The summed E-state index contributed by atoms with van der Waals surface area (Å²) in [5, 5.41) is 10.7. The van der Waals surface area contributed by atoms with Gasteiger partial charge in [-0.15, -0.1) is 0 Å². The van der Waals surface area contributed by atoms with E-state index in [-0.39, 0.29) is 10.6 Å². The predicted molar refractivity (Wildman–Crippen MR) is 68.8 cm³/mol. The van der Waals surface area contributed by atoms with Gasteiger partial charge in [0.05, 0.1) is 16.0 Å². The molecule has 18 heavy (non-hydrogen) atoms. The molecule has 0 spiro atoms. The third-order valence-electron chi connectivity index (χ3n) is 3.32. The second-order valence-corrected chi connectivity index (χ2v) is 4.57. The number of non-ortho nitro benzene ring substituents is 1. The van der Waals surface area contributed by atoms with E-state index < -0.39 is 0 Å². The van der Waals surface area contributed by atoms with E-state index in [1.807, 2.05) is 0 Å². The van der Waals surface area contributed by atoms with Crippen LogP contribution >= 0.6 is 0 Å². The van der Waals surface area contributed by atoms with E-state index in [4.69, 9.17) is 0 Å². The van der Waals surface area contributed by atoms with Gasteiger partial charge in [-0.1, -0.05) is 0 Å². The number of aromatic amines is 1. The molecule has 2 heterocycles. The Hall–Kier alpha value is -2.11. The van der Waals surface area contributed by atoms with E-state index in [1.54, 1.807) is 6.07 Å². The number of hydrogen-bond donors (Lipinski definition) is 1. The highest BCUT2D eigenvalue weighted by atomic mass is 16.6. The molecule has 0 aliphatic carbocycles. The van der Waals surface area contributed by atoms with Gasteiger partial charge in [0, 0.05) is 25.2 Å². The van der Waals surface area contributed by atoms with Crippen LogP contribution < -0.4 is 4.90 Å². The van der Waals surface area contributed by atoms with Crippen LogP contribution in [0.1, 0.15) is 19.3 Å². The third-order valence-corrected chi connectivity index (χ3v) is 3.32. The number of H-pyrrole nitrogens is 1. The summed E-state index contributed by atoms with van der Waals surface area (Å²) in [4.78, 5) is 20.2. The molecule has 1 saturated heterocycles. The molecule has 1 aromatic heterocycles. The largest absolute Gasteiger partial charge is 0.342 e. The molecule has 1 aliphatic heterocycles. The van der Waals surface area contributed by atoms with Gasteiger partial charge in [0.25, 0.3) is 5.69 Å². The summed E-state index contributed by atoms with van der Waals surface area (Å²) in [6, 6.07) is 4.72. The molecule has 6 heteroatoms. The average molecular weight is 246 g/mol. The van der Waals surface area contributed by atoms with Crippen LogP contribution in [0.5, 0.6) is 0 Å². The van der Waals surface area contributed by atoms with Crippen molar-refractivity contribution in [2.75, 3.05) is 18.0 Å². The molecule has 1 N–H and O–H groups in total. The maximum atomic E-state index is 10.7. The van der Waals surface area contributed by atoms with Crippen LogP contribution in [-0.2, 0) is 0 Å². The number of rotatable bonds is 2. The van der Waals surface area contributed by atoms with Gasteiger partial charge < -0.3 is 9.88 Å². The average Bonchev–Trinajstić information content (AvgIpc) is 2.82. The number of benzene rings is 1. The third kappa shape index (κ3) is 1.90. The minimum Gasteiger partial charge on any atom is -0.342 e. The Balaban J connectivity index is 1.97. The number of nitro benzene ring substituents is 1. The topological polar surface area (TPSA) is 75.1 Å². The first-order chi connectivity index (χ1) is 8.74. The number of anilines is 1. The molecule has 1 aliphatic rings. The van der Waals surface area contributed by atoms with Crippen LogP contribution in [-0.4, -0.2) is 28.0 Å². The van der Waals surface area contributed by atoms with Gasteiger partial charge in [-0.25, -0.2) is 4.98 Å². The molecule has 1 fully saturated rings. The van der Waals surface area contributed by atoms with Crippen LogP contribution in [0.25, 0.3) is 11.0 Å². The van der Waals surface area contributed by atoms with Crippen molar-refractivity contribution in [1.82, 2.24) is 9.97 Å². The van der Waals surface area contributed by atoms with Crippen LogP contribution in [0, 0.1) is 10.1 Å². The van der Waals surface area contributed by atoms with Gasteiger partial charge in [0.1, 0.15) is 0 Å². The number of imidazole rings is 1. The highest BCUT2D eigenvalue weighted by molar-refractivity contribution is 5.80. The molecule has 6 nitrogen and oxygen atoms in total. The van der Waals surface area contributed by atoms with Crippen LogP contribution in [0.2, 0.25) is 0 Å². The molecule has 0 atom stereocenters. The van der Waals surface area contributed by atoms with E-state index in [0.717, 1.165) is 30.1 Å². The van der Waals surface area contributed by atoms with Gasteiger partial charge >= 0.3 is 0 Å².